The van der Waals surface area contributed by atoms with Crippen LogP contribution >= 0.6 is 0 Å². The van der Waals surface area contributed by atoms with E-state index >= 15 is 0 Å². The smallest absolute Gasteiger partial charge is 0.253 e. The predicted molar refractivity (Wildman–Crippen MR) is 69.1 cm³/mol. The topological polar surface area (TPSA) is 66.9 Å². The summed E-state index contributed by atoms with van der Waals surface area (Å²) in [5.74, 6) is -7.19. The van der Waals surface area contributed by atoms with E-state index in [9.17, 15) is 22.4 Å². The van der Waals surface area contributed by atoms with Gasteiger partial charge in [0, 0.05) is 25.5 Å². The second-order valence-corrected chi connectivity index (χ2v) is 4.12. The van der Waals surface area contributed by atoms with Crippen LogP contribution in [0.3, 0.4) is 0 Å². The van der Waals surface area contributed by atoms with Crippen molar-refractivity contribution in [3.05, 3.63) is 53.6 Å². The second-order valence-electron chi connectivity index (χ2n) is 4.12. The Labute approximate surface area is 122 Å². The molecule has 0 atom stereocenters. The lowest BCUT2D eigenvalue weighted by Crippen LogP contribution is -2.29. The molecule has 2 rings (SSSR count). The number of anilines is 1. The Balaban J connectivity index is 1.91. The maximum absolute atomic E-state index is 13.3. The number of amides is 1. The summed E-state index contributed by atoms with van der Waals surface area (Å²) in [6.45, 7) is -0.180. The quantitative estimate of drug-likeness (QED) is 0.502. The fraction of sp³-hybridized carbons (Fsp3) is 0.154. The lowest BCUT2D eigenvalue weighted by molar-refractivity contribution is 0.0955. The van der Waals surface area contributed by atoms with Crippen molar-refractivity contribution in [2.75, 3.05) is 18.4 Å². The predicted octanol–water partition coefficient (Wildman–Crippen LogP) is 1.87. The zero-order chi connectivity index (χ0) is 16.1. The van der Waals surface area contributed by atoms with Crippen molar-refractivity contribution in [1.29, 1.82) is 0 Å². The Morgan fingerprint density at radius 1 is 1.09 bits per heavy atom. The maximum Gasteiger partial charge on any atom is 0.253 e. The van der Waals surface area contributed by atoms with Crippen LogP contribution in [0, 0.1) is 23.5 Å². The number of rotatable bonds is 5. The highest BCUT2D eigenvalue weighted by Crippen LogP contribution is 2.21. The highest BCUT2D eigenvalue weighted by atomic mass is 19.2. The summed E-state index contributed by atoms with van der Waals surface area (Å²) in [7, 11) is 0. The minimum absolute atomic E-state index is 0.0296. The zero-order valence-corrected chi connectivity index (χ0v) is 11.0. The molecule has 0 saturated carbocycles. The molecule has 0 aromatic carbocycles. The van der Waals surface area contributed by atoms with Gasteiger partial charge in [0.2, 0.25) is 11.6 Å². The van der Waals surface area contributed by atoms with E-state index in [2.05, 4.69) is 20.6 Å². The molecule has 22 heavy (non-hydrogen) atoms. The number of hydrogen-bond donors (Lipinski definition) is 2. The van der Waals surface area contributed by atoms with Gasteiger partial charge in [-0.2, -0.15) is 22.5 Å². The molecule has 2 aromatic heterocycles. The third-order valence-electron chi connectivity index (χ3n) is 2.63. The normalized spacial score (nSPS) is 10.4. The Morgan fingerprint density at radius 2 is 1.77 bits per heavy atom. The minimum Gasteiger partial charge on any atom is -0.378 e. The second kappa shape index (κ2) is 6.83. The molecule has 0 fully saturated rings. The van der Waals surface area contributed by atoms with E-state index in [0.717, 1.165) is 0 Å². The number of hydrogen-bond acceptors (Lipinski definition) is 4. The van der Waals surface area contributed by atoms with Crippen LogP contribution in [-0.4, -0.2) is 29.0 Å². The van der Waals surface area contributed by atoms with Crippen LogP contribution in [-0.2, 0) is 0 Å². The number of pyridine rings is 2. The molecule has 0 bridgehead atoms. The monoisotopic (exact) mass is 314 g/mol. The third-order valence-corrected chi connectivity index (χ3v) is 2.63. The fourth-order valence-electron chi connectivity index (χ4n) is 1.60. The van der Waals surface area contributed by atoms with E-state index in [0.29, 0.717) is 5.56 Å². The van der Waals surface area contributed by atoms with Crippen LogP contribution in [0.2, 0.25) is 0 Å². The average Bonchev–Trinajstić information content (AvgIpc) is 2.53. The fourth-order valence-corrected chi connectivity index (χ4v) is 1.60. The molecule has 0 saturated heterocycles. The van der Waals surface area contributed by atoms with Gasteiger partial charge in [0.1, 0.15) is 5.69 Å². The van der Waals surface area contributed by atoms with Crippen LogP contribution in [0.15, 0.2) is 24.5 Å². The van der Waals surface area contributed by atoms with E-state index < -0.39 is 35.1 Å². The number of halogens is 4. The molecule has 0 spiro atoms. The van der Waals surface area contributed by atoms with Crippen LogP contribution in [0.5, 0.6) is 0 Å². The summed E-state index contributed by atoms with van der Waals surface area (Å²) in [6, 6.07) is 3.10. The maximum atomic E-state index is 13.3. The van der Waals surface area contributed by atoms with Crippen LogP contribution < -0.4 is 10.6 Å². The van der Waals surface area contributed by atoms with Crippen molar-refractivity contribution in [1.82, 2.24) is 15.3 Å². The van der Waals surface area contributed by atoms with Gasteiger partial charge in [0.05, 0.1) is 5.56 Å². The van der Waals surface area contributed by atoms with Crippen molar-refractivity contribution in [3.63, 3.8) is 0 Å². The zero-order valence-electron chi connectivity index (χ0n) is 11.0. The first-order chi connectivity index (χ1) is 10.5. The van der Waals surface area contributed by atoms with Gasteiger partial charge in [-0.1, -0.05) is 0 Å². The van der Waals surface area contributed by atoms with E-state index in [1.54, 1.807) is 6.07 Å². The van der Waals surface area contributed by atoms with Crippen molar-refractivity contribution in [2.24, 2.45) is 0 Å². The van der Waals surface area contributed by atoms with Crippen molar-refractivity contribution in [2.45, 2.75) is 0 Å². The van der Waals surface area contributed by atoms with Crippen LogP contribution in [0.25, 0.3) is 0 Å². The van der Waals surface area contributed by atoms with Crippen molar-refractivity contribution in [3.8, 4) is 0 Å². The molecule has 0 aliphatic heterocycles. The Bertz CT molecular complexity index is 655. The number of nitrogens with zero attached hydrogens (tertiary/aromatic N) is 2. The highest BCUT2D eigenvalue weighted by molar-refractivity contribution is 5.93. The molecular formula is C13H10F4N4O. The summed E-state index contributed by atoms with van der Waals surface area (Å²) in [5.41, 5.74) is -0.665. The lowest BCUT2D eigenvalue weighted by Gasteiger charge is -2.10. The number of aromatic nitrogens is 2. The lowest BCUT2D eigenvalue weighted by atomic mass is 10.3. The Kier molecular flexibility index (Phi) is 4.87. The van der Waals surface area contributed by atoms with Crippen LogP contribution in [0.1, 0.15) is 10.4 Å². The van der Waals surface area contributed by atoms with E-state index in [1.807, 2.05) is 0 Å². The van der Waals surface area contributed by atoms with Gasteiger partial charge in [-0.25, -0.2) is 0 Å². The van der Waals surface area contributed by atoms with Crippen LogP contribution in [0.4, 0.5) is 23.2 Å². The highest BCUT2D eigenvalue weighted by Gasteiger charge is 2.20. The SMILES string of the molecule is O=C(NCCNc1c(F)c(F)nc(F)c1F)c1cccnc1. The molecule has 2 aromatic rings. The van der Waals surface area contributed by atoms with Gasteiger partial charge < -0.3 is 10.6 Å². The Hall–Kier alpha value is -2.71. The Morgan fingerprint density at radius 3 is 2.36 bits per heavy atom. The number of carbonyl (C=O) groups excluding carboxylic acids is 1. The van der Waals surface area contributed by atoms with Gasteiger partial charge in [-0.3, -0.25) is 9.78 Å². The minimum atomic E-state index is -1.75. The van der Waals surface area contributed by atoms with Crippen molar-refractivity contribution < 1.29 is 22.4 Å². The molecule has 0 aliphatic rings. The van der Waals surface area contributed by atoms with Gasteiger partial charge in [0.15, 0.2) is 0 Å². The molecule has 9 heteroatoms. The summed E-state index contributed by atoms with van der Waals surface area (Å²) in [4.78, 5) is 17.8. The molecule has 2 heterocycles. The number of carbonyl (C=O) groups is 1. The molecule has 2 N–H and O–H groups in total. The summed E-state index contributed by atoms with van der Waals surface area (Å²) >= 11 is 0. The molecule has 0 unspecified atom stereocenters. The van der Waals surface area contributed by atoms with Crippen molar-refractivity contribution >= 4 is 11.6 Å². The molecule has 5 nitrogen and oxygen atoms in total. The average molecular weight is 314 g/mol. The molecule has 0 aliphatic carbocycles. The van der Waals surface area contributed by atoms with Gasteiger partial charge in [0.25, 0.3) is 17.8 Å². The first-order valence-corrected chi connectivity index (χ1v) is 6.12. The van der Waals surface area contributed by atoms with E-state index in [4.69, 9.17) is 0 Å². The first kappa shape index (κ1) is 15.7. The summed E-state index contributed by atoms with van der Waals surface area (Å²) in [5, 5.41) is 4.62. The standard InChI is InChI=1S/C13H10F4N4O/c14-8-10(9(15)12(17)21-11(8)16)19-4-5-20-13(22)7-2-1-3-18-6-7/h1-3,6H,4-5H2,(H,19,21)(H,20,22). The number of nitrogens with one attached hydrogen (secondary N) is 2. The van der Waals surface area contributed by atoms with Gasteiger partial charge in [-0.15, -0.1) is 0 Å². The van der Waals surface area contributed by atoms with E-state index in [1.165, 1.54) is 18.5 Å². The molecule has 116 valence electrons. The molecule has 0 radical (unpaired) electrons. The van der Waals surface area contributed by atoms with Gasteiger partial charge in [-0.05, 0) is 12.1 Å². The van der Waals surface area contributed by atoms with Gasteiger partial charge >= 0.3 is 0 Å². The third kappa shape index (κ3) is 3.48. The largest absolute Gasteiger partial charge is 0.378 e. The summed E-state index contributed by atoms with van der Waals surface area (Å²) < 4.78 is 52.3. The van der Waals surface area contributed by atoms with E-state index in [-0.39, 0.29) is 13.1 Å². The molecular weight excluding hydrogens is 304 g/mol. The molecule has 1 amide bonds. The summed E-state index contributed by atoms with van der Waals surface area (Å²) in [6.07, 6.45) is 2.84. The first-order valence-electron chi connectivity index (χ1n) is 6.12.